The summed E-state index contributed by atoms with van der Waals surface area (Å²) in [5, 5.41) is 9.52. The van der Waals surface area contributed by atoms with Gasteiger partial charge in [0.2, 0.25) is 5.88 Å². The fourth-order valence-electron chi connectivity index (χ4n) is 2.68. The quantitative estimate of drug-likeness (QED) is 0.894. The van der Waals surface area contributed by atoms with Crippen molar-refractivity contribution in [2.75, 3.05) is 26.3 Å². The first-order valence-electron chi connectivity index (χ1n) is 7.40. The van der Waals surface area contributed by atoms with Gasteiger partial charge in [0, 0.05) is 43.8 Å². The molecule has 0 radical (unpaired) electrons. The maximum atomic E-state index is 12.3. The van der Waals surface area contributed by atoms with E-state index in [4.69, 9.17) is 9.47 Å². The lowest BCUT2D eigenvalue weighted by molar-refractivity contribution is 0.0236. The lowest BCUT2D eigenvalue weighted by Gasteiger charge is -2.23. The first-order chi connectivity index (χ1) is 10.2. The molecule has 1 N–H and O–H groups in total. The van der Waals surface area contributed by atoms with Crippen LogP contribution in [-0.4, -0.2) is 59.4 Å². The smallest absolute Gasteiger partial charge is 0.254 e. The summed E-state index contributed by atoms with van der Waals surface area (Å²) >= 11 is 0. The molecule has 2 aliphatic rings. The molecule has 1 aromatic rings. The molecule has 21 heavy (non-hydrogen) atoms. The Morgan fingerprint density at radius 3 is 2.90 bits per heavy atom. The molecule has 0 bridgehead atoms. The normalized spacial score (nSPS) is 23.3. The number of aromatic nitrogens is 1. The van der Waals surface area contributed by atoms with E-state index in [0.717, 1.165) is 12.8 Å². The van der Waals surface area contributed by atoms with Crippen molar-refractivity contribution in [3.8, 4) is 5.88 Å². The molecule has 2 aliphatic heterocycles. The van der Waals surface area contributed by atoms with Crippen LogP contribution in [0.1, 0.15) is 29.6 Å². The highest BCUT2D eigenvalue weighted by Gasteiger charge is 2.26. The van der Waals surface area contributed by atoms with Crippen molar-refractivity contribution < 1.29 is 19.4 Å². The number of pyridine rings is 1. The zero-order valence-electron chi connectivity index (χ0n) is 11.9. The minimum atomic E-state index is -0.409. The van der Waals surface area contributed by atoms with E-state index in [0.29, 0.717) is 44.2 Å². The summed E-state index contributed by atoms with van der Waals surface area (Å²) in [5.41, 5.74) is 0.557. The highest BCUT2D eigenvalue weighted by atomic mass is 16.5. The summed E-state index contributed by atoms with van der Waals surface area (Å²) in [6.07, 6.45) is 3.62. The molecule has 0 spiro atoms. The average molecular weight is 292 g/mol. The minimum absolute atomic E-state index is 0.0780. The van der Waals surface area contributed by atoms with Gasteiger partial charge < -0.3 is 19.5 Å². The number of hydrogen-bond acceptors (Lipinski definition) is 5. The monoisotopic (exact) mass is 292 g/mol. The topological polar surface area (TPSA) is 71.9 Å². The number of hydrogen-bond donors (Lipinski definition) is 1. The molecule has 1 aromatic heterocycles. The molecule has 1 atom stereocenters. The lowest BCUT2D eigenvalue weighted by atomic mass is 10.1. The molecule has 3 heterocycles. The number of ether oxygens (including phenoxy) is 2. The number of aliphatic hydroxyl groups is 1. The number of likely N-dealkylation sites (tertiary alicyclic amines) is 1. The van der Waals surface area contributed by atoms with E-state index in [1.165, 1.54) is 0 Å². The van der Waals surface area contributed by atoms with E-state index in [1.54, 1.807) is 23.2 Å². The zero-order valence-corrected chi connectivity index (χ0v) is 11.9. The Morgan fingerprint density at radius 2 is 2.19 bits per heavy atom. The fraction of sp³-hybridized carbons (Fsp3) is 0.600. The van der Waals surface area contributed by atoms with Crippen molar-refractivity contribution in [1.29, 1.82) is 0 Å². The van der Waals surface area contributed by atoms with Gasteiger partial charge in [-0.2, -0.15) is 0 Å². The maximum absolute atomic E-state index is 12.3. The van der Waals surface area contributed by atoms with Gasteiger partial charge in [-0.05, 0) is 12.5 Å². The Labute approximate surface area is 123 Å². The van der Waals surface area contributed by atoms with E-state index in [1.807, 2.05) is 0 Å². The van der Waals surface area contributed by atoms with Crippen LogP contribution in [0.3, 0.4) is 0 Å². The van der Waals surface area contributed by atoms with Gasteiger partial charge in [-0.3, -0.25) is 4.79 Å². The number of aliphatic hydroxyl groups excluding tert-OH is 1. The summed E-state index contributed by atoms with van der Waals surface area (Å²) in [4.78, 5) is 18.2. The number of carbonyl (C=O) groups excluding carboxylic acids is 1. The first-order valence-corrected chi connectivity index (χ1v) is 7.40. The van der Waals surface area contributed by atoms with Crippen molar-refractivity contribution in [2.45, 2.75) is 31.5 Å². The van der Waals surface area contributed by atoms with Gasteiger partial charge in [0.25, 0.3) is 5.91 Å². The second kappa shape index (κ2) is 6.41. The second-order valence-corrected chi connectivity index (χ2v) is 5.51. The number of carbonyl (C=O) groups is 1. The van der Waals surface area contributed by atoms with Crippen molar-refractivity contribution >= 4 is 5.91 Å². The van der Waals surface area contributed by atoms with Crippen LogP contribution in [0.4, 0.5) is 0 Å². The molecule has 114 valence electrons. The van der Waals surface area contributed by atoms with Crippen molar-refractivity contribution in [3.63, 3.8) is 0 Å². The van der Waals surface area contributed by atoms with Gasteiger partial charge >= 0.3 is 0 Å². The summed E-state index contributed by atoms with van der Waals surface area (Å²) in [5.74, 6) is 0.401. The summed E-state index contributed by atoms with van der Waals surface area (Å²) in [7, 11) is 0. The largest absolute Gasteiger partial charge is 0.474 e. The van der Waals surface area contributed by atoms with Gasteiger partial charge in [-0.15, -0.1) is 0 Å². The van der Waals surface area contributed by atoms with Crippen LogP contribution >= 0.6 is 0 Å². The average Bonchev–Trinajstić information content (AvgIpc) is 2.94. The molecular formula is C15H20N2O4. The summed E-state index contributed by atoms with van der Waals surface area (Å²) in [6.45, 7) is 2.40. The van der Waals surface area contributed by atoms with Gasteiger partial charge in [0.1, 0.15) is 6.10 Å². The van der Waals surface area contributed by atoms with Crippen LogP contribution in [0.15, 0.2) is 18.3 Å². The van der Waals surface area contributed by atoms with Crippen molar-refractivity contribution in [1.82, 2.24) is 9.88 Å². The Balaban J connectivity index is 1.66. The van der Waals surface area contributed by atoms with Gasteiger partial charge in [-0.25, -0.2) is 4.98 Å². The van der Waals surface area contributed by atoms with Gasteiger partial charge in [0.15, 0.2) is 0 Å². The van der Waals surface area contributed by atoms with Gasteiger partial charge in [0.05, 0.1) is 19.3 Å². The van der Waals surface area contributed by atoms with Crippen LogP contribution in [0.5, 0.6) is 5.88 Å². The van der Waals surface area contributed by atoms with E-state index >= 15 is 0 Å². The van der Waals surface area contributed by atoms with Crippen LogP contribution in [0.2, 0.25) is 0 Å². The minimum Gasteiger partial charge on any atom is -0.474 e. The highest BCUT2D eigenvalue weighted by Crippen LogP contribution is 2.19. The number of nitrogens with zero attached hydrogens (tertiary/aromatic N) is 2. The standard InChI is InChI=1S/C15H20N2O4/c18-12-2-6-17(10-12)15(19)11-1-5-16-14(9-11)21-13-3-7-20-8-4-13/h1,5,9,12-13,18H,2-4,6-8,10H2. The molecular weight excluding hydrogens is 272 g/mol. The van der Waals surface area contributed by atoms with E-state index in [-0.39, 0.29) is 12.0 Å². The Morgan fingerprint density at radius 1 is 1.38 bits per heavy atom. The van der Waals surface area contributed by atoms with Crippen LogP contribution in [0, 0.1) is 0 Å². The SMILES string of the molecule is O=C(c1ccnc(OC2CCOCC2)c1)N1CCC(O)C1. The van der Waals surface area contributed by atoms with Gasteiger partial charge in [-0.1, -0.05) is 0 Å². The molecule has 3 rings (SSSR count). The molecule has 0 aromatic carbocycles. The molecule has 1 unspecified atom stereocenters. The lowest BCUT2D eigenvalue weighted by Crippen LogP contribution is -2.30. The molecule has 2 fully saturated rings. The molecule has 6 heteroatoms. The van der Waals surface area contributed by atoms with E-state index in [2.05, 4.69) is 4.98 Å². The second-order valence-electron chi connectivity index (χ2n) is 5.51. The van der Waals surface area contributed by atoms with Crippen molar-refractivity contribution in [3.05, 3.63) is 23.9 Å². The van der Waals surface area contributed by atoms with E-state index in [9.17, 15) is 9.90 Å². The summed E-state index contributed by atoms with van der Waals surface area (Å²) < 4.78 is 11.1. The highest BCUT2D eigenvalue weighted by molar-refractivity contribution is 5.94. The van der Waals surface area contributed by atoms with E-state index < -0.39 is 6.10 Å². The van der Waals surface area contributed by atoms with Crippen LogP contribution in [0.25, 0.3) is 0 Å². The number of β-amino-alcohol motifs (C(OH)–C–C–N with tert-alkyl or cyclic N) is 1. The Kier molecular flexibility index (Phi) is 4.36. The van der Waals surface area contributed by atoms with Crippen LogP contribution in [-0.2, 0) is 4.74 Å². The van der Waals surface area contributed by atoms with Crippen LogP contribution < -0.4 is 4.74 Å². The summed E-state index contributed by atoms with van der Waals surface area (Å²) in [6, 6.07) is 3.37. The Bertz CT molecular complexity index is 502. The van der Waals surface area contributed by atoms with Crippen molar-refractivity contribution in [2.24, 2.45) is 0 Å². The third-order valence-electron chi connectivity index (χ3n) is 3.89. The molecule has 0 saturated carbocycles. The number of rotatable bonds is 3. The fourth-order valence-corrected chi connectivity index (χ4v) is 2.68. The molecule has 0 aliphatic carbocycles. The first kappa shape index (κ1) is 14.3. The predicted octanol–water partition coefficient (Wildman–Crippen LogP) is 0.846. The zero-order chi connectivity index (χ0) is 14.7. The number of amides is 1. The molecule has 6 nitrogen and oxygen atoms in total. The Hall–Kier alpha value is -1.66. The molecule has 2 saturated heterocycles. The maximum Gasteiger partial charge on any atom is 0.254 e. The molecule has 1 amide bonds. The third-order valence-corrected chi connectivity index (χ3v) is 3.89. The third kappa shape index (κ3) is 3.51. The predicted molar refractivity (Wildman–Crippen MR) is 75.2 cm³/mol.